The Hall–Kier alpha value is -2.24. The van der Waals surface area contributed by atoms with Crippen LogP contribution >= 0.6 is 0 Å². The van der Waals surface area contributed by atoms with Crippen LogP contribution in [0.5, 0.6) is 5.75 Å². The molecule has 2 aromatic rings. The number of hydrogen-bond acceptors (Lipinski definition) is 3. The van der Waals surface area contributed by atoms with Crippen LogP contribution in [0.15, 0.2) is 42.6 Å². The highest BCUT2D eigenvalue weighted by Crippen LogP contribution is 2.31. The van der Waals surface area contributed by atoms with Crippen molar-refractivity contribution in [2.75, 3.05) is 11.9 Å². The zero-order valence-corrected chi connectivity index (χ0v) is 11.4. The maximum Gasteiger partial charge on any atom is 0.416 e. The molecule has 0 aliphatic heterocycles. The molecular weight excluding hydrogens is 281 g/mol. The van der Waals surface area contributed by atoms with Crippen LogP contribution in [-0.4, -0.2) is 11.5 Å². The fourth-order valence-corrected chi connectivity index (χ4v) is 1.79. The van der Waals surface area contributed by atoms with E-state index >= 15 is 0 Å². The van der Waals surface area contributed by atoms with Gasteiger partial charge in [-0.05, 0) is 37.3 Å². The fourth-order valence-electron chi connectivity index (χ4n) is 1.79. The molecule has 2 rings (SSSR count). The van der Waals surface area contributed by atoms with Gasteiger partial charge in [0.15, 0.2) is 0 Å². The lowest BCUT2D eigenvalue weighted by Crippen LogP contribution is -2.05. The molecule has 1 aromatic heterocycles. The molecule has 0 fully saturated rings. The first-order valence-corrected chi connectivity index (χ1v) is 6.48. The molecule has 0 amide bonds. The average Bonchev–Trinajstić information content (AvgIpc) is 2.45. The highest BCUT2D eigenvalue weighted by Gasteiger charge is 2.30. The van der Waals surface area contributed by atoms with Crippen LogP contribution < -0.4 is 10.1 Å². The molecule has 112 valence electrons. The van der Waals surface area contributed by atoms with Gasteiger partial charge in [-0.1, -0.05) is 6.07 Å². The van der Waals surface area contributed by atoms with Gasteiger partial charge in [-0.3, -0.25) is 4.98 Å². The fraction of sp³-hybridized carbons (Fsp3) is 0.267. The van der Waals surface area contributed by atoms with Crippen molar-refractivity contribution in [3.63, 3.8) is 0 Å². The summed E-state index contributed by atoms with van der Waals surface area (Å²) in [4.78, 5) is 4.12. The summed E-state index contributed by atoms with van der Waals surface area (Å²) >= 11 is 0. The van der Waals surface area contributed by atoms with E-state index in [0.29, 0.717) is 5.69 Å². The number of ether oxygens (including phenoxy) is 1. The van der Waals surface area contributed by atoms with E-state index in [1.165, 1.54) is 12.1 Å². The summed E-state index contributed by atoms with van der Waals surface area (Å²) in [6, 6.07) is 8.42. The van der Waals surface area contributed by atoms with Gasteiger partial charge in [0, 0.05) is 18.4 Å². The van der Waals surface area contributed by atoms with Gasteiger partial charge in [0.2, 0.25) is 0 Å². The van der Waals surface area contributed by atoms with Crippen molar-refractivity contribution in [3.05, 3.63) is 53.9 Å². The lowest BCUT2D eigenvalue weighted by Gasteiger charge is -2.10. The Bertz CT molecular complexity index is 599. The van der Waals surface area contributed by atoms with E-state index in [4.69, 9.17) is 4.74 Å². The quantitative estimate of drug-likeness (QED) is 0.901. The van der Waals surface area contributed by atoms with E-state index in [-0.39, 0.29) is 12.4 Å². The molecule has 21 heavy (non-hydrogen) atoms. The standard InChI is InChI=1S/C15H15F3N2O/c1-2-19-12-6-7-20-13(9-12)10-21-14-5-3-4-11(8-14)15(16,17)18/h3-9H,2,10H2,1H3,(H,19,20). The van der Waals surface area contributed by atoms with Crippen LogP contribution in [0.2, 0.25) is 0 Å². The third-order valence-corrected chi connectivity index (χ3v) is 2.75. The van der Waals surface area contributed by atoms with Crippen molar-refractivity contribution in [1.82, 2.24) is 4.98 Å². The molecule has 0 saturated heterocycles. The molecule has 0 aliphatic carbocycles. The van der Waals surface area contributed by atoms with E-state index in [9.17, 15) is 13.2 Å². The molecule has 1 heterocycles. The molecule has 3 nitrogen and oxygen atoms in total. The normalized spacial score (nSPS) is 11.2. The summed E-state index contributed by atoms with van der Waals surface area (Å²) in [7, 11) is 0. The Kier molecular flexibility index (Phi) is 4.67. The monoisotopic (exact) mass is 296 g/mol. The zero-order valence-electron chi connectivity index (χ0n) is 11.4. The number of halogens is 3. The van der Waals surface area contributed by atoms with Crippen molar-refractivity contribution in [1.29, 1.82) is 0 Å². The number of pyridine rings is 1. The first kappa shape index (κ1) is 15.2. The maximum atomic E-state index is 12.6. The van der Waals surface area contributed by atoms with Gasteiger partial charge in [0.25, 0.3) is 0 Å². The number of rotatable bonds is 5. The molecule has 0 atom stereocenters. The summed E-state index contributed by atoms with van der Waals surface area (Å²) in [6.45, 7) is 2.86. The first-order chi connectivity index (χ1) is 9.99. The molecule has 0 radical (unpaired) electrons. The predicted octanol–water partition coefficient (Wildman–Crippen LogP) is 4.11. The van der Waals surface area contributed by atoms with Crippen molar-refractivity contribution >= 4 is 5.69 Å². The number of nitrogens with one attached hydrogen (secondary N) is 1. The minimum Gasteiger partial charge on any atom is -0.487 e. The summed E-state index contributed by atoms with van der Waals surface area (Å²) in [5.74, 6) is 0.167. The first-order valence-electron chi connectivity index (χ1n) is 6.48. The smallest absolute Gasteiger partial charge is 0.416 e. The minimum absolute atomic E-state index is 0.112. The second kappa shape index (κ2) is 6.47. The van der Waals surface area contributed by atoms with Gasteiger partial charge in [-0.2, -0.15) is 13.2 Å². The van der Waals surface area contributed by atoms with E-state index in [1.807, 2.05) is 13.0 Å². The summed E-state index contributed by atoms with van der Waals surface area (Å²) in [6.07, 6.45) is -2.74. The highest BCUT2D eigenvalue weighted by atomic mass is 19.4. The van der Waals surface area contributed by atoms with Crippen molar-refractivity contribution < 1.29 is 17.9 Å². The molecule has 0 bridgehead atoms. The number of alkyl halides is 3. The van der Waals surface area contributed by atoms with E-state index in [0.717, 1.165) is 24.4 Å². The molecule has 1 aromatic carbocycles. The van der Waals surface area contributed by atoms with Gasteiger partial charge in [0.05, 0.1) is 11.3 Å². The largest absolute Gasteiger partial charge is 0.487 e. The topological polar surface area (TPSA) is 34.2 Å². The molecule has 0 aliphatic rings. The SMILES string of the molecule is CCNc1ccnc(COc2cccc(C(F)(F)F)c2)c1. The number of aromatic nitrogens is 1. The van der Waals surface area contributed by atoms with Crippen LogP contribution in [0.4, 0.5) is 18.9 Å². The van der Waals surface area contributed by atoms with Crippen molar-refractivity contribution in [2.24, 2.45) is 0 Å². The Morgan fingerprint density at radius 3 is 2.71 bits per heavy atom. The molecule has 0 unspecified atom stereocenters. The molecule has 1 N–H and O–H groups in total. The molecule has 6 heteroatoms. The van der Waals surface area contributed by atoms with Crippen LogP contribution in [-0.2, 0) is 12.8 Å². The molecular formula is C15H15F3N2O. The lowest BCUT2D eigenvalue weighted by molar-refractivity contribution is -0.137. The van der Waals surface area contributed by atoms with Gasteiger partial charge < -0.3 is 10.1 Å². The van der Waals surface area contributed by atoms with Crippen LogP contribution in [0, 0.1) is 0 Å². The summed E-state index contributed by atoms with van der Waals surface area (Å²) in [5.41, 5.74) is 0.815. The van der Waals surface area contributed by atoms with Crippen LogP contribution in [0.25, 0.3) is 0 Å². The number of benzene rings is 1. The lowest BCUT2D eigenvalue weighted by atomic mass is 10.2. The second-order valence-corrected chi connectivity index (χ2v) is 4.38. The van der Waals surface area contributed by atoms with Gasteiger partial charge in [0.1, 0.15) is 12.4 Å². The minimum atomic E-state index is -4.37. The number of anilines is 1. The van der Waals surface area contributed by atoms with Crippen LogP contribution in [0.1, 0.15) is 18.2 Å². The number of hydrogen-bond donors (Lipinski definition) is 1. The van der Waals surface area contributed by atoms with Crippen molar-refractivity contribution in [2.45, 2.75) is 19.7 Å². The summed E-state index contributed by atoms with van der Waals surface area (Å²) in [5, 5.41) is 3.13. The van der Waals surface area contributed by atoms with Gasteiger partial charge >= 0.3 is 6.18 Å². The second-order valence-electron chi connectivity index (χ2n) is 4.38. The van der Waals surface area contributed by atoms with E-state index in [1.54, 1.807) is 12.3 Å². The van der Waals surface area contributed by atoms with Gasteiger partial charge in [-0.25, -0.2) is 0 Å². The zero-order chi connectivity index (χ0) is 15.3. The Morgan fingerprint density at radius 1 is 1.19 bits per heavy atom. The third-order valence-electron chi connectivity index (χ3n) is 2.75. The van der Waals surface area contributed by atoms with Crippen molar-refractivity contribution in [3.8, 4) is 5.75 Å². The highest BCUT2D eigenvalue weighted by molar-refractivity contribution is 5.43. The Labute approximate surface area is 120 Å². The molecule has 0 saturated carbocycles. The van der Waals surface area contributed by atoms with E-state index in [2.05, 4.69) is 10.3 Å². The van der Waals surface area contributed by atoms with Gasteiger partial charge in [-0.15, -0.1) is 0 Å². The maximum absolute atomic E-state index is 12.6. The Balaban J connectivity index is 2.04. The Morgan fingerprint density at radius 2 is 2.00 bits per heavy atom. The molecule has 0 spiro atoms. The van der Waals surface area contributed by atoms with E-state index < -0.39 is 11.7 Å². The third kappa shape index (κ3) is 4.37. The predicted molar refractivity (Wildman–Crippen MR) is 74.2 cm³/mol. The number of nitrogens with zero attached hydrogens (tertiary/aromatic N) is 1. The van der Waals surface area contributed by atoms with Crippen LogP contribution in [0.3, 0.4) is 0 Å². The summed E-state index contributed by atoms with van der Waals surface area (Å²) < 4.78 is 43.1. The average molecular weight is 296 g/mol.